The minimum atomic E-state index is -0.927. The van der Waals surface area contributed by atoms with Crippen LogP contribution in [0.15, 0.2) is 58.6 Å². The molecule has 0 aliphatic carbocycles. The molecule has 22 heavy (non-hydrogen) atoms. The third kappa shape index (κ3) is 3.07. The quantitative estimate of drug-likeness (QED) is 0.885. The molecule has 3 rings (SSSR count). The number of aliphatic carboxylic acids is 1. The SMILES string of the molecule is O=C(O)C1=Cc2cccc(Br)c2OC1CCc1ccccc1. The molecule has 0 fully saturated rings. The van der Waals surface area contributed by atoms with Gasteiger partial charge in [-0.2, -0.15) is 0 Å². The van der Waals surface area contributed by atoms with Gasteiger partial charge in [0.2, 0.25) is 0 Å². The molecule has 0 spiro atoms. The van der Waals surface area contributed by atoms with Crippen LogP contribution in [-0.2, 0) is 11.2 Å². The van der Waals surface area contributed by atoms with Crippen molar-refractivity contribution >= 4 is 28.0 Å². The third-order valence-electron chi connectivity index (χ3n) is 3.70. The highest BCUT2D eigenvalue weighted by Crippen LogP contribution is 2.37. The van der Waals surface area contributed by atoms with Gasteiger partial charge < -0.3 is 9.84 Å². The Bertz CT molecular complexity index is 722. The summed E-state index contributed by atoms with van der Waals surface area (Å²) in [6.45, 7) is 0. The summed E-state index contributed by atoms with van der Waals surface area (Å²) in [4.78, 5) is 11.5. The summed E-state index contributed by atoms with van der Waals surface area (Å²) in [5.74, 6) is -0.214. The van der Waals surface area contributed by atoms with E-state index in [1.165, 1.54) is 5.56 Å². The number of para-hydroxylation sites is 1. The number of fused-ring (bicyclic) bond motifs is 1. The first-order chi connectivity index (χ1) is 10.6. The molecule has 0 saturated carbocycles. The summed E-state index contributed by atoms with van der Waals surface area (Å²) >= 11 is 3.46. The first-order valence-electron chi connectivity index (χ1n) is 7.09. The Balaban J connectivity index is 1.85. The zero-order valence-corrected chi connectivity index (χ0v) is 13.4. The van der Waals surface area contributed by atoms with Crippen molar-refractivity contribution in [3.63, 3.8) is 0 Å². The molecule has 1 aliphatic rings. The van der Waals surface area contributed by atoms with Gasteiger partial charge in [-0.15, -0.1) is 0 Å². The summed E-state index contributed by atoms with van der Waals surface area (Å²) < 4.78 is 6.81. The van der Waals surface area contributed by atoms with Crippen molar-refractivity contribution in [3.05, 3.63) is 69.7 Å². The van der Waals surface area contributed by atoms with Crippen molar-refractivity contribution < 1.29 is 14.6 Å². The number of aryl methyl sites for hydroxylation is 1. The smallest absolute Gasteiger partial charge is 0.335 e. The van der Waals surface area contributed by atoms with Crippen LogP contribution in [0.2, 0.25) is 0 Å². The number of ether oxygens (including phenoxy) is 1. The molecule has 2 aromatic carbocycles. The fourth-order valence-corrected chi connectivity index (χ4v) is 3.06. The number of carboxylic acids is 1. The second-order valence-corrected chi connectivity index (χ2v) is 6.05. The maximum atomic E-state index is 11.5. The minimum Gasteiger partial charge on any atom is -0.484 e. The standard InChI is InChI=1S/C18H15BrO3/c19-15-8-4-7-13-11-14(18(20)21)16(22-17(13)15)10-9-12-5-2-1-3-6-12/h1-8,11,16H,9-10H2,(H,20,21). The summed E-state index contributed by atoms with van der Waals surface area (Å²) in [6.07, 6.45) is 2.67. The van der Waals surface area contributed by atoms with Gasteiger partial charge in [-0.05, 0) is 46.5 Å². The van der Waals surface area contributed by atoms with Gasteiger partial charge in [0.05, 0.1) is 10.0 Å². The highest BCUT2D eigenvalue weighted by molar-refractivity contribution is 9.10. The highest BCUT2D eigenvalue weighted by atomic mass is 79.9. The van der Waals surface area contributed by atoms with Gasteiger partial charge in [0, 0.05) is 5.56 Å². The molecule has 112 valence electrons. The molecule has 2 aromatic rings. The molecule has 0 radical (unpaired) electrons. The number of benzene rings is 2. The maximum absolute atomic E-state index is 11.5. The van der Waals surface area contributed by atoms with Gasteiger partial charge in [-0.25, -0.2) is 4.79 Å². The Morgan fingerprint density at radius 1 is 1.14 bits per heavy atom. The highest BCUT2D eigenvalue weighted by Gasteiger charge is 2.28. The van der Waals surface area contributed by atoms with Crippen molar-refractivity contribution in [3.8, 4) is 5.75 Å². The molecule has 1 N–H and O–H groups in total. The molecule has 1 unspecified atom stereocenters. The summed E-state index contributed by atoms with van der Waals surface area (Å²) in [6, 6.07) is 15.6. The Hall–Kier alpha value is -2.07. The Morgan fingerprint density at radius 3 is 2.64 bits per heavy atom. The van der Waals surface area contributed by atoms with Gasteiger partial charge in [-0.1, -0.05) is 42.5 Å². The lowest BCUT2D eigenvalue weighted by Gasteiger charge is -2.26. The topological polar surface area (TPSA) is 46.5 Å². The van der Waals surface area contributed by atoms with Crippen molar-refractivity contribution in [1.82, 2.24) is 0 Å². The molecule has 0 saturated heterocycles. The lowest BCUT2D eigenvalue weighted by molar-refractivity contribution is -0.133. The number of hydrogen-bond donors (Lipinski definition) is 1. The molecule has 0 amide bonds. The van der Waals surface area contributed by atoms with Crippen LogP contribution in [0.5, 0.6) is 5.75 Å². The van der Waals surface area contributed by atoms with Crippen LogP contribution >= 0.6 is 15.9 Å². The average Bonchev–Trinajstić information content (AvgIpc) is 2.53. The lowest BCUT2D eigenvalue weighted by Crippen LogP contribution is -2.28. The van der Waals surface area contributed by atoms with Crippen LogP contribution in [0.4, 0.5) is 0 Å². The molecule has 1 aliphatic heterocycles. The molecule has 0 bridgehead atoms. The van der Waals surface area contributed by atoms with E-state index in [9.17, 15) is 9.90 Å². The average molecular weight is 359 g/mol. The van der Waals surface area contributed by atoms with Crippen LogP contribution < -0.4 is 4.74 Å². The van der Waals surface area contributed by atoms with Crippen LogP contribution in [0.3, 0.4) is 0 Å². The van der Waals surface area contributed by atoms with Crippen molar-refractivity contribution in [1.29, 1.82) is 0 Å². The number of carboxylic acid groups (broad SMARTS) is 1. The molecule has 4 heteroatoms. The largest absolute Gasteiger partial charge is 0.484 e. The van der Waals surface area contributed by atoms with Gasteiger partial charge in [-0.3, -0.25) is 0 Å². The fraction of sp³-hybridized carbons (Fsp3) is 0.167. The molecule has 1 heterocycles. The number of rotatable bonds is 4. The summed E-state index contributed by atoms with van der Waals surface area (Å²) in [5.41, 5.74) is 2.28. The molecular formula is C18H15BrO3. The van der Waals surface area contributed by atoms with E-state index in [1.54, 1.807) is 6.08 Å². The van der Waals surface area contributed by atoms with E-state index in [2.05, 4.69) is 15.9 Å². The molecular weight excluding hydrogens is 344 g/mol. The molecule has 1 atom stereocenters. The number of halogens is 1. The van der Waals surface area contributed by atoms with E-state index < -0.39 is 12.1 Å². The Kier molecular flexibility index (Phi) is 4.29. The van der Waals surface area contributed by atoms with Gasteiger partial charge in [0.25, 0.3) is 0 Å². The first-order valence-corrected chi connectivity index (χ1v) is 7.88. The van der Waals surface area contributed by atoms with E-state index in [0.717, 1.165) is 16.5 Å². The maximum Gasteiger partial charge on any atom is 0.335 e. The Labute approximate surface area is 137 Å². The van der Waals surface area contributed by atoms with Gasteiger partial charge >= 0.3 is 5.97 Å². The van der Waals surface area contributed by atoms with Crippen LogP contribution in [0, 0.1) is 0 Å². The monoisotopic (exact) mass is 358 g/mol. The zero-order chi connectivity index (χ0) is 15.5. The third-order valence-corrected chi connectivity index (χ3v) is 4.32. The second-order valence-electron chi connectivity index (χ2n) is 5.19. The van der Waals surface area contributed by atoms with Crippen LogP contribution in [0.1, 0.15) is 17.5 Å². The van der Waals surface area contributed by atoms with E-state index in [-0.39, 0.29) is 0 Å². The fourth-order valence-electron chi connectivity index (χ4n) is 2.59. The first kappa shape index (κ1) is 14.9. The zero-order valence-electron chi connectivity index (χ0n) is 11.8. The second kappa shape index (κ2) is 6.36. The van der Waals surface area contributed by atoms with Gasteiger partial charge in [0.1, 0.15) is 11.9 Å². The van der Waals surface area contributed by atoms with Crippen LogP contribution in [0.25, 0.3) is 6.08 Å². The van der Waals surface area contributed by atoms with Crippen molar-refractivity contribution in [2.75, 3.05) is 0 Å². The van der Waals surface area contributed by atoms with Crippen molar-refractivity contribution in [2.24, 2.45) is 0 Å². The van der Waals surface area contributed by atoms with E-state index in [4.69, 9.17) is 4.74 Å². The normalized spacial score (nSPS) is 16.4. The Morgan fingerprint density at radius 2 is 1.91 bits per heavy atom. The van der Waals surface area contributed by atoms with Gasteiger partial charge in [0.15, 0.2) is 0 Å². The summed E-state index contributed by atoms with van der Waals surface area (Å²) in [7, 11) is 0. The van der Waals surface area contributed by atoms with E-state index >= 15 is 0 Å². The van der Waals surface area contributed by atoms with Crippen LogP contribution in [-0.4, -0.2) is 17.2 Å². The van der Waals surface area contributed by atoms with Crippen molar-refractivity contribution in [2.45, 2.75) is 18.9 Å². The summed E-state index contributed by atoms with van der Waals surface area (Å²) in [5, 5.41) is 9.44. The predicted molar refractivity (Wildman–Crippen MR) is 88.9 cm³/mol. The van der Waals surface area contributed by atoms with E-state index in [1.807, 2.05) is 48.5 Å². The minimum absolute atomic E-state index is 0.307. The predicted octanol–water partition coefficient (Wildman–Crippen LogP) is 4.31. The number of hydrogen-bond acceptors (Lipinski definition) is 2. The lowest BCUT2D eigenvalue weighted by atomic mass is 9.96. The molecule has 0 aromatic heterocycles. The molecule has 3 nitrogen and oxygen atoms in total. The van der Waals surface area contributed by atoms with E-state index in [0.29, 0.717) is 17.7 Å². The number of carbonyl (C=O) groups is 1.